The van der Waals surface area contributed by atoms with E-state index in [0.29, 0.717) is 10.8 Å². The predicted molar refractivity (Wildman–Crippen MR) is 94.1 cm³/mol. The quantitative estimate of drug-likeness (QED) is 0.781. The van der Waals surface area contributed by atoms with E-state index in [-0.39, 0.29) is 29.1 Å². The molecule has 8 heteroatoms. The minimum atomic E-state index is -0.357. The van der Waals surface area contributed by atoms with E-state index >= 15 is 0 Å². The van der Waals surface area contributed by atoms with Gasteiger partial charge in [-0.2, -0.15) is 4.68 Å². The molecule has 25 heavy (non-hydrogen) atoms. The van der Waals surface area contributed by atoms with E-state index in [0.717, 1.165) is 19.3 Å². The number of likely N-dealkylation sites (tertiary alicyclic amines) is 1. The summed E-state index contributed by atoms with van der Waals surface area (Å²) < 4.78 is 14.9. The number of halogens is 1. The van der Waals surface area contributed by atoms with E-state index in [1.54, 1.807) is 12.1 Å². The summed E-state index contributed by atoms with van der Waals surface area (Å²) in [5.41, 5.74) is 0.534. The lowest BCUT2D eigenvalue weighted by molar-refractivity contribution is -0.136. The van der Waals surface area contributed by atoms with E-state index in [4.69, 9.17) is 0 Å². The first kappa shape index (κ1) is 17.8. The number of piperidine rings is 1. The second kappa shape index (κ2) is 7.51. The fourth-order valence-electron chi connectivity index (χ4n) is 3.30. The van der Waals surface area contributed by atoms with E-state index in [2.05, 4.69) is 29.4 Å². The second-order valence-electron chi connectivity index (χ2n) is 6.49. The molecule has 1 amide bonds. The van der Waals surface area contributed by atoms with Crippen molar-refractivity contribution in [2.75, 3.05) is 0 Å². The molecule has 1 fully saturated rings. The van der Waals surface area contributed by atoms with Crippen molar-refractivity contribution >= 4 is 17.7 Å². The third-order valence-corrected chi connectivity index (χ3v) is 5.59. The summed E-state index contributed by atoms with van der Waals surface area (Å²) in [7, 11) is 0. The Balaban J connectivity index is 1.76. The third-order valence-electron chi connectivity index (χ3n) is 4.57. The van der Waals surface area contributed by atoms with E-state index in [9.17, 15) is 9.18 Å². The highest BCUT2D eigenvalue weighted by Gasteiger charge is 2.32. The van der Waals surface area contributed by atoms with Gasteiger partial charge in [-0.25, -0.2) is 4.39 Å². The van der Waals surface area contributed by atoms with Gasteiger partial charge in [-0.15, -0.1) is 5.10 Å². The van der Waals surface area contributed by atoms with Gasteiger partial charge in [-0.1, -0.05) is 17.8 Å². The van der Waals surface area contributed by atoms with Crippen LogP contribution in [0.25, 0.3) is 5.69 Å². The Hall–Kier alpha value is -1.96. The molecule has 2 heterocycles. The van der Waals surface area contributed by atoms with Gasteiger partial charge in [-0.3, -0.25) is 4.79 Å². The Morgan fingerprint density at radius 2 is 2.04 bits per heavy atom. The second-order valence-corrected chi connectivity index (χ2v) is 7.80. The highest BCUT2D eigenvalue weighted by Crippen LogP contribution is 2.29. The molecule has 0 spiro atoms. The van der Waals surface area contributed by atoms with Crippen molar-refractivity contribution in [2.24, 2.45) is 0 Å². The molecular formula is C17H22FN5OS. The number of tetrazole rings is 1. The first-order valence-corrected chi connectivity index (χ1v) is 9.38. The standard InChI is InChI=1S/C17H22FN5OS/c1-11-6-4-7-12(2)22(11)16(24)13(3)25-17-19-20-21-23(17)15-9-5-8-14(18)10-15/h5,8-13H,4,6-7H2,1-3H3/t11-,12-,13+/m0/s1. The molecule has 0 unspecified atom stereocenters. The Morgan fingerprint density at radius 1 is 1.32 bits per heavy atom. The normalized spacial score (nSPS) is 22.0. The molecule has 0 radical (unpaired) electrons. The zero-order valence-corrected chi connectivity index (χ0v) is 15.4. The molecule has 1 aromatic heterocycles. The van der Waals surface area contributed by atoms with Crippen molar-refractivity contribution in [1.82, 2.24) is 25.1 Å². The number of rotatable bonds is 4. The van der Waals surface area contributed by atoms with Gasteiger partial charge in [0.1, 0.15) is 5.82 Å². The molecule has 134 valence electrons. The lowest BCUT2D eigenvalue weighted by Gasteiger charge is -2.40. The maximum atomic E-state index is 13.5. The van der Waals surface area contributed by atoms with Crippen molar-refractivity contribution in [2.45, 2.75) is 62.5 Å². The molecular weight excluding hydrogens is 341 g/mol. The lowest BCUT2D eigenvalue weighted by atomic mass is 9.97. The Labute approximate surface area is 150 Å². The molecule has 1 saturated heterocycles. The van der Waals surface area contributed by atoms with Crippen molar-refractivity contribution in [3.63, 3.8) is 0 Å². The summed E-state index contributed by atoms with van der Waals surface area (Å²) in [5.74, 6) is -0.262. The summed E-state index contributed by atoms with van der Waals surface area (Å²) >= 11 is 1.30. The molecule has 6 nitrogen and oxygen atoms in total. The van der Waals surface area contributed by atoms with E-state index < -0.39 is 0 Å². The molecule has 2 aromatic rings. The predicted octanol–water partition coefficient (Wildman–Crippen LogP) is 3.07. The van der Waals surface area contributed by atoms with Crippen LogP contribution in [0.2, 0.25) is 0 Å². The minimum Gasteiger partial charge on any atom is -0.336 e. The monoisotopic (exact) mass is 363 g/mol. The van der Waals surface area contributed by atoms with Crippen LogP contribution in [0.1, 0.15) is 40.0 Å². The van der Waals surface area contributed by atoms with Crippen LogP contribution in [0.15, 0.2) is 29.4 Å². The summed E-state index contributed by atoms with van der Waals surface area (Å²) in [5, 5.41) is 11.8. The van der Waals surface area contributed by atoms with Crippen molar-refractivity contribution in [1.29, 1.82) is 0 Å². The van der Waals surface area contributed by atoms with Gasteiger partial charge in [0.25, 0.3) is 0 Å². The summed E-state index contributed by atoms with van der Waals surface area (Å²) in [6.45, 7) is 6.06. The molecule has 1 aromatic carbocycles. The van der Waals surface area contributed by atoms with Gasteiger partial charge < -0.3 is 4.90 Å². The van der Waals surface area contributed by atoms with Crippen LogP contribution < -0.4 is 0 Å². The number of thioether (sulfide) groups is 1. The number of aromatic nitrogens is 4. The van der Waals surface area contributed by atoms with Gasteiger partial charge >= 0.3 is 0 Å². The Morgan fingerprint density at radius 3 is 2.72 bits per heavy atom. The van der Waals surface area contributed by atoms with Gasteiger partial charge in [0, 0.05) is 12.1 Å². The van der Waals surface area contributed by atoms with Crippen LogP contribution in [0.5, 0.6) is 0 Å². The van der Waals surface area contributed by atoms with E-state index in [1.807, 2.05) is 11.8 Å². The number of hydrogen-bond donors (Lipinski definition) is 0. The zero-order chi connectivity index (χ0) is 18.0. The van der Waals surface area contributed by atoms with Crippen molar-refractivity contribution in [3.8, 4) is 5.69 Å². The van der Waals surface area contributed by atoms with Crippen LogP contribution in [0, 0.1) is 5.82 Å². The highest BCUT2D eigenvalue weighted by molar-refractivity contribution is 8.00. The van der Waals surface area contributed by atoms with Gasteiger partial charge in [-0.05, 0) is 68.7 Å². The van der Waals surface area contributed by atoms with Crippen molar-refractivity contribution < 1.29 is 9.18 Å². The molecule has 1 aliphatic rings. The van der Waals surface area contributed by atoms with Crippen molar-refractivity contribution in [3.05, 3.63) is 30.1 Å². The number of hydrogen-bond acceptors (Lipinski definition) is 5. The molecule has 3 atom stereocenters. The molecule has 0 N–H and O–H groups in total. The molecule has 0 bridgehead atoms. The number of carbonyl (C=O) groups excluding carboxylic acids is 1. The van der Waals surface area contributed by atoms with Gasteiger partial charge in [0.15, 0.2) is 0 Å². The van der Waals surface area contributed by atoms with Crippen LogP contribution in [0.3, 0.4) is 0 Å². The highest BCUT2D eigenvalue weighted by atomic mass is 32.2. The van der Waals surface area contributed by atoms with E-state index in [1.165, 1.54) is 28.6 Å². The SMILES string of the molecule is C[C@@H](Sc1nnnn1-c1cccc(F)c1)C(=O)N1[C@@H](C)CCC[C@@H]1C. The van der Waals surface area contributed by atoms with Gasteiger partial charge in [0.05, 0.1) is 10.9 Å². The van der Waals surface area contributed by atoms with Gasteiger partial charge in [0.2, 0.25) is 11.1 Å². The number of amides is 1. The largest absolute Gasteiger partial charge is 0.336 e. The Bertz CT molecular complexity index is 742. The molecule has 1 aliphatic heterocycles. The first-order valence-electron chi connectivity index (χ1n) is 8.50. The molecule has 0 aliphatic carbocycles. The average molecular weight is 363 g/mol. The van der Waals surface area contributed by atoms with Crippen LogP contribution in [-0.2, 0) is 4.79 Å². The zero-order valence-electron chi connectivity index (χ0n) is 14.6. The van der Waals surface area contributed by atoms with Crippen LogP contribution >= 0.6 is 11.8 Å². The number of nitrogens with zero attached hydrogens (tertiary/aromatic N) is 5. The summed E-state index contributed by atoms with van der Waals surface area (Å²) in [4.78, 5) is 14.9. The number of carbonyl (C=O) groups is 1. The fourth-order valence-corrected chi connectivity index (χ4v) is 4.16. The average Bonchev–Trinajstić information content (AvgIpc) is 3.02. The van der Waals surface area contributed by atoms with Crippen LogP contribution in [0.4, 0.5) is 4.39 Å². The van der Waals surface area contributed by atoms with Crippen LogP contribution in [-0.4, -0.2) is 48.3 Å². The summed E-state index contributed by atoms with van der Waals surface area (Å²) in [6.07, 6.45) is 3.23. The fraction of sp³-hybridized carbons (Fsp3) is 0.529. The summed E-state index contributed by atoms with van der Waals surface area (Å²) in [6, 6.07) is 6.56. The maximum absolute atomic E-state index is 13.5. The topological polar surface area (TPSA) is 63.9 Å². The minimum absolute atomic E-state index is 0.0958. The smallest absolute Gasteiger partial charge is 0.236 e. The molecule has 3 rings (SSSR count). The third kappa shape index (κ3) is 3.84. The maximum Gasteiger partial charge on any atom is 0.236 e. The number of benzene rings is 1. The lowest BCUT2D eigenvalue weighted by Crippen LogP contribution is -2.50. The Kier molecular flexibility index (Phi) is 5.36. The first-order chi connectivity index (χ1) is 12.0. The molecule has 0 saturated carbocycles.